The first-order valence-corrected chi connectivity index (χ1v) is 9.32. The summed E-state index contributed by atoms with van der Waals surface area (Å²) in [5.74, 6) is 0.142. The van der Waals surface area contributed by atoms with Crippen LogP contribution < -0.4 is 0 Å². The maximum Gasteiger partial charge on any atom is 0.192 e. The largest absolute Gasteiger partial charge is 0.413 e. The molecule has 0 amide bonds. The summed E-state index contributed by atoms with van der Waals surface area (Å²) in [6.45, 7) is 11.3. The van der Waals surface area contributed by atoms with Gasteiger partial charge in [0, 0.05) is 5.92 Å². The molecule has 1 fully saturated rings. The van der Waals surface area contributed by atoms with E-state index in [2.05, 4.69) is 33.9 Å². The van der Waals surface area contributed by atoms with Crippen LogP contribution >= 0.6 is 0 Å². The van der Waals surface area contributed by atoms with Gasteiger partial charge >= 0.3 is 0 Å². The number of aldehydes is 1. The van der Waals surface area contributed by atoms with Crippen molar-refractivity contribution in [2.24, 2.45) is 5.92 Å². The molecule has 2 nitrogen and oxygen atoms in total. The van der Waals surface area contributed by atoms with Crippen molar-refractivity contribution in [1.29, 1.82) is 0 Å². The summed E-state index contributed by atoms with van der Waals surface area (Å²) in [7, 11) is -1.71. The van der Waals surface area contributed by atoms with E-state index in [-0.39, 0.29) is 17.1 Å². The molecule has 0 bridgehead atoms. The van der Waals surface area contributed by atoms with Crippen LogP contribution in [0.15, 0.2) is 0 Å². The average Bonchev–Trinajstić information content (AvgIpc) is 2.16. The van der Waals surface area contributed by atoms with Crippen LogP contribution in [0.4, 0.5) is 0 Å². The Bertz CT molecular complexity index is 243. The molecular formula is C13H26O2Si. The lowest BCUT2D eigenvalue weighted by atomic mass is 9.88. The third-order valence-electron chi connectivity index (χ3n) is 4.18. The minimum atomic E-state index is -1.71. The smallest absolute Gasteiger partial charge is 0.192 e. The van der Waals surface area contributed by atoms with Gasteiger partial charge in [0.05, 0.1) is 6.10 Å². The van der Waals surface area contributed by atoms with E-state index in [1.165, 1.54) is 12.8 Å². The lowest BCUT2D eigenvalue weighted by Crippen LogP contribution is -2.46. The first-order chi connectivity index (χ1) is 7.28. The number of rotatable bonds is 3. The summed E-state index contributed by atoms with van der Waals surface area (Å²) in [5.41, 5.74) is 0. The van der Waals surface area contributed by atoms with Crippen LogP contribution in [0.3, 0.4) is 0 Å². The van der Waals surface area contributed by atoms with Crippen LogP contribution in [0.25, 0.3) is 0 Å². The monoisotopic (exact) mass is 242 g/mol. The second-order valence-corrected chi connectivity index (χ2v) is 11.3. The fourth-order valence-electron chi connectivity index (χ4n) is 1.98. The van der Waals surface area contributed by atoms with Gasteiger partial charge in [-0.05, 0) is 31.0 Å². The second kappa shape index (κ2) is 5.01. The minimum Gasteiger partial charge on any atom is -0.413 e. The van der Waals surface area contributed by atoms with Crippen LogP contribution in [0.1, 0.15) is 46.5 Å². The van der Waals surface area contributed by atoms with Crippen LogP contribution in [0.5, 0.6) is 0 Å². The van der Waals surface area contributed by atoms with Gasteiger partial charge in [-0.15, -0.1) is 0 Å². The Labute approximate surface area is 101 Å². The molecule has 1 aliphatic rings. The van der Waals surface area contributed by atoms with Gasteiger partial charge in [-0.25, -0.2) is 0 Å². The van der Waals surface area contributed by atoms with Crippen LogP contribution in [-0.2, 0) is 9.22 Å². The Morgan fingerprint density at radius 3 is 2.25 bits per heavy atom. The first-order valence-electron chi connectivity index (χ1n) is 6.41. The summed E-state index contributed by atoms with van der Waals surface area (Å²) >= 11 is 0. The summed E-state index contributed by atoms with van der Waals surface area (Å²) in [4.78, 5) is 11.0. The van der Waals surface area contributed by atoms with E-state index in [0.717, 1.165) is 19.1 Å². The molecule has 0 radical (unpaired) electrons. The molecule has 0 N–H and O–H groups in total. The van der Waals surface area contributed by atoms with Crippen LogP contribution in [0.2, 0.25) is 18.1 Å². The van der Waals surface area contributed by atoms with Gasteiger partial charge in [-0.3, -0.25) is 0 Å². The highest BCUT2D eigenvalue weighted by Gasteiger charge is 2.41. The van der Waals surface area contributed by atoms with Gasteiger partial charge in [0.15, 0.2) is 8.32 Å². The Morgan fingerprint density at radius 2 is 1.75 bits per heavy atom. The molecule has 2 atom stereocenters. The van der Waals surface area contributed by atoms with Crippen molar-refractivity contribution in [3.05, 3.63) is 0 Å². The van der Waals surface area contributed by atoms with Crippen LogP contribution in [-0.4, -0.2) is 20.7 Å². The summed E-state index contributed by atoms with van der Waals surface area (Å²) in [6.07, 6.45) is 5.77. The molecule has 1 rings (SSSR count). The van der Waals surface area contributed by atoms with E-state index in [4.69, 9.17) is 4.43 Å². The lowest BCUT2D eigenvalue weighted by Gasteiger charge is -2.41. The molecule has 94 valence electrons. The summed E-state index contributed by atoms with van der Waals surface area (Å²) in [5, 5.41) is 0.234. The number of carbonyl (C=O) groups excluding carboxylic acids is 1. The highest BCUT2D eigenvalue weighted by molar-refractivity contribution is 6.74. The van der Waals surface area contributed by atoms with E-state index in [0.29, 0.717) is 0 Å². The lowest BCUT2D eigenvalue weighted by molar-refractivity contribution is -0.115. The minimum absolute atomic E-state index is 0.142. The van der Waals surface area contributed by atoms with Gasteiger partial charge in [0.25, 0.3) is 0 Å². The maximum atomic E-state index is 11.0. The quantitative estimate of drug-likeness (QED) is 0.556. The van der Waals surface area contributed by atoms with Crippen molar-refractivity contribution >= 4 is 14.6 Å². The Hall–Kier alpha value is -0.153. The molecule has 0 aromatic carbocycles. The summed E-state index contributed by atoms with van der Waals surface area (Å²) in [6, 6.07) is 0. The molecule has 0 spiro atoms. The van der Waals surface area contributed by atoms with Crippen molar-refractivity contribution < 1.29 is 9.22 Å². The van der Waals surface area contributed by atoms with E-state index < -0.39 is 8.32 Å². The van der Waals surface area contributed by atoms with Gasteiger partial charge in [0.1, 0.15) is 6.29 Å². The molecular weight excluding hydrogens is 216 g/mol. The molecule has 16 heavy (non-hydrogen) atoms. The fraction of sp³-hybridized carbons (Fsp3) is 0.923. The van der Waals surface area contributed by atoms with Crippen molar-refractivity contribution in [3.8, 4) is 0 Å². The predicted octanol–water partition coefficient (Wildman–Crippen LogP) is 3.77. The van der Waals surface area contributed by atoms with E-state index in [1.807, 2.05) is 0 Å². The molecule has 2 unspecified atom stereocenters. The molecule has 1 saturated carbocycles. The maximum absolute atomic E-state index is 11.0. The Kier molecular flexibility index (Phi) is 4.35. The number of hydrogen-bond donors (Lipinski definition) is 0. The normalized spacial score (nSPS) is 27.8. The first kappa shape index (κ1) is 13.9. The predicted molar refractivity (Wildman–Crippen MR) is 70.1 cm³/mol. The van der Waals surface area contributed by atoms with Gasteiger partial charge in [-0.2, -0.15) is 0 Å². The highest BCUT2D eigenvalue weighted by atomic mass is 28.4. The highest BCUT2D eigenvalue weighted by Crippen LogP contribution is 2.39. The van der Waals surface area contributed by atoms with E-state index >= 15 is 0 Å². The third-order valence-corrected chi connectivity index (χ3v) is 8.69. The zero-order valence-electron chi connectivity index (χ0n) is 11.4. The van der Waals surface area contributed by atoms with Crippen molar-refractivity contribution in [2.75, 3.05) is 0 Å². The van der Waals surface area contributed by atoms with Crippen molar-refractivity contribution in [3.63, 3.8) is 0 Å². The van der Waals surface area contributed by atoms with Crippen molar-refractivity contribution in [1.82, 2.24) is 0 Å². The molecule has 3 heteroatoms. The summed E-state index contributed by atoms with van der Waals surface area (Å²) < 4.78 is 6.35. The van der Waals surface area contributed by atoms with Crippen LogP contribution in [0, 0.1) is 5.92 Å². The Balaban J connectivity index is 2.67. The molecule has 0 saturated heterocycles. The second-order valence-electron chi connectivity index (χ2n) is 6.50. The molecule has 0 heterocycles. The third kappa shape index (κ3) is 3.17. The Morgan fingerprint density at radius 1 is 1.19 bits per heavy atom. The fourth-order valence-corrected chi connectivity index (χ4v) is 3.39. The van der Waals surface area contributed by atoms with Crippen molar-refractivity contribution in [2.45, 2.75) is 70.7 Å². The van der Waals surface area contributed by atoms with E-state index in [1.54, 1.807) is 0 Å². The average molecular weight is 242 g/mol. The van der Waals surface area contributed by atoms with E-state index in [9.17, 15) is 4.79 Å². The van der Waals surface area contributed by atoms with Gasteiger partial charge in [0.2, 0.25) is 0 Å². The van der Waals surface area contributed by atoms with Gasteiger partial charge < -0.3 is 9.22 Å². The number of carbonyl (C=O) groups is 1. The zero-order valence-corrected chi connectivity index (χ0v) is 12.4. The number of hydrogen-bond acceptors (Lipinski definition) is 2. The van der Waals surface area contributed by atoms with Gasteiger partial charge in [-0.1, -0.05) is 33.6 Å². The zero-order chi connectivity index (χ0) is 12.4. The molecule has 0 aliphatic heterocycles. The molecule has 1 aliphatic carbocycles. The standard InChI is InChI=1S/C13H26O2Si/c1-13(2,3)16(4,5)15-12-9-7-6-8-11(12)10-14/h10-12H,6-9H2,1-5H3. The topological polar surface area (TPSA) is 26.3 Å². The SMILES string of the molecule is CC(C)(C)[Si](C)(C)OC1CCCCC1C=O. The molecule has 0 aromatic heterocycles. The molecule has 0 aromatic rings.